The summed E-state index contributed by atoms with van der Waals surface area (Å²) in [5.74, 6) is -1.38. The van der Waals surface area contributed by atoms with Crippen LogP contribution in [0.5, 0.6) is 0 Å². The third kappa shape index (κ3) is 4.62. The molecule has 0 saturated carbocycles. The van der Waals surface area contributed by atoms with Crippen molar-refractivity contribution in [2.24, 2.45) is 5.92 Å². The van der Waals surface area contributed by atoms with Crippen LogP contribution in [0.4, 0.5) is 4.79 Å². The monoisotopic (exact) mass is 361 g/mol. The highest BCUT2D eigenvalue weighted by Gasteiger charge is 2.49. The van der Waals surface area contributed by atoms with Gasteiger partial charge in [-0.25, -0.2) is 9.59 Å². The highest BCUT2D eigenvalue weighted by Crippen LogP contribution is 2.35. The molecule has 1 heterocycles. The van der Waals surface area contributed by atoms with Gasteiger partial charge in [0.25, 0.3) is 0 Å². The predicted octanol–water partition coefficient (Wildman–Crippen LogP) is 2.65. The Morgan fingerprint density at radius 1 is 1.27 bits per heavy atom. The Labute approximate surface area is 152 Å². The van der Waals surface area contributed by atoms with E-state index in [1.807, 2.05) is 30.3 Å². The van der Waals surface area contributed by atoms with Crippen LogP contribution in [0.1, 0.15) is 25.3 Å². The molecule has 1 saturated heterocycles. The van der Waals surface area contributed by atoms with Crippen molar-refractivity contribution in [2.75, 3.05) is 7.11 Å². The average Bonchev–Trinajstić information content (AvgIpc) is 2.98. The summed E-state index contributed by atoms with van der Waals surface area (Å²) < 4.78 is 15.5. The average molecular weight is 361 g/mol. The van der Waals surface area contributed by atoms with Gasteiger partial charge in [-0.3, -0.25) is 9.69 Å². The van der Waals surface area contributed by atoms with Gasteiger partial charge in [-0.15, -0.1) is 6.58 Å². The molecule has 1 aromatic rings. The molecule has 1 aliphatic rings. The molecule has 0 spiro atoms. The highest BCUT2D eigenvalue weighted by atomic mass is 16.6. The number of amides is 1. The molecule has 1 fully saturated rings. The van der Waals surface area contributed by atoms with E-state index in [0.29, 0.717) is 12.8 Å². The molecule has 1 unspecified atom stereocenters. The van der Waals surface area contributed by atoms with Gasteiger partial charge in [0, 0.05) is 12.8 Å². The number of carbonyl (C=O) groups is 3. The first-order valence-corrected chi connectivity index (χ1v) is 8.32. The third-order valence-electron chi connectivity index (χ3n) is 4.18. The number of carbonyl (C=O) groups excluding carboxylic acids is 3. The Hall–Kier alpha value is -2.83. The minimum atomic E-state index is -0.905. The molecule has 0 bridgehead atoms. The SMILES string of the molecule is C=CC[C@H]1C[C@@H](C(=O)OC)N(C(=O)OCc2ccccc2)C1OC(C)=O. The molecule has 7 heteroatoms. The lowest BCUT2D eigenvalue weighted by Crippen LogP contribution is -2.47. The summed E-state index contributed by atoms with van der Waals surface area (Å²) in [6.45, 7) is 4.98. The first-order valence-electron chi connectivity index (χ1n) is 8.32. The Morgan fingerprint density at radius 2 is 1.96 bits per heavy atom. The first-order chi connectivity index (χ1) is 12.5. The number of nitrogens with zero attached hydrogens (tertiary/aromatic N) is 1. The van der Waals surface area contributed by atoms with Crippen LogP contribution >= 0.6 is 0 Å². The van der Waals surface area contributed by atoms with Gasteiger partial charge in [0.05, 0.1) is 7.11 Å². The van der Waals surface area contributed by atoms with Gasteiger partial charge in [-0.05, 0) is 18.4 Å². The molecule has 140 valence electrons. The van der Waals surface area contributed by atoms with Crippen LogP contribution in [-0.4, -0.2) is 42.3 Å². The maximum atomic E-state index is 12.7. The van der Waals surface area contributed by atoms with Crippen LogP contribution in [0.25, 0.3) is 0 Å². The molecule has 26 heavy (non-hydrogen) atoms. The maximum absolute atomic E-state index is 12.7. The number of hydrogen-bond donors (Lipinski definition) is 0. The Morgan fingerprint density at radius 3 is 2.54 bits per heavy atom. The number of benzene rings is 1. The van der Waals surface area contributed by atoms with Gasteiger partial charge in [0.15, 0.2) is 6.23 Å². The van der Waals surface area contributed by atoms with Crippen LogP contribution in [0, 0.1) is 5.92 Å². The number of methoxy groups -OCH3 is 1. The second-order valence-corrected chi connectivity index (χ2v) is 6.01. The summed E-state index contributed by atoms with van der Waals surface area (Å²) in [6, 6.07) is 8.28. The van der Waals surface area contributed by atoms with E-state index >= 15 is 0 Å². The van der Waals surface area contributed by atoms with Gasteiger partial charge in [0.1, 0.15) is 12.6 Å². The van der Waals surface area contributed by atoms with E-state index < -0.39 is 30.3 Å². The van der Waals surface area contributed by atoms with Gasteiger partial charge in [0.2, 0.25) is 0 Å². The third-order valence-corrected chi connectivity index (χ3v) is 4.18. The van der Waals surface area contributed by atoms with E-state index in [2.05, 4.69) is 6.58 Å². The fourth-order valence-electron chi connectivity index (χ4n) is 3.04. The van der Waals surface area contributed by atoms with E-state index in [1.54, 1.807) is 6.08 Å². The molecule has 1 aliphatic heterocycles. The van der Waals surface area contributed by atoms with Crippen molar-refractivity contribution < 1.29 is 28.6 Å². The van der Waals surface area contributed by atoms with Crippen molar-refractivity contribution in [1.82, 2.24) is 4.90 Å². The number of esters is 2. The highest BCUT2D eigenvalue weighted by molar-refractivity contribution is 5.82. The zero-order valence-electron chi connectivity index (χ0n) is 14.9. The van der Waals surface area contributed by atoms with Crippen molar-refractivity contribution in [3.05, 3.63) is 48.6 Å². The molecular formula is C19H23NO6. The Balaban J connectivity index is 2.21. The van der Waals surface area contributed by atoms with Crippen molar-refractivity contribution >= 4 is 18.0 Å². The topological polar surface area (TPSA) is 82.1 Å². The van der Waals surface area contributed by atoms with Gasteiger partial charge in [-0.2, -0.15) is 0 Å². The number of hydrogen-bond acceptors (Lipinski definition) is 6. The molecule has 0 aromatic heterocycles. The number of rotatable bonds is 6. The van der Waals surface area contributed by atoms with Crippen molar-refractivity contribution in [3.8, 4) is 0 Å². The maximum Gasteiger partial charge on any atom is 0.413 e. The summed E-state index contributed by atoms with van der Waals surface area (Å²) in [6.07, 6.45) is 0.805. The molecule has 1 aromatic carbocycles. The summed E-state index contributed by atoms with van der Waals surface area (Å²) in [5.41, 5.74) is 0.807. The van der Waals surface area contributed by atoms with Crippen LogP contribution in [0.3, 0.4) is 0 Å². The number of ether oxygens (including phenoxy) is 3. The fraction of sp³-hybridized carbons (Fsp3) is 0.421. The van der Waals surface area contributed by atoms with Gasteiger partial charge >= 0.3 is 18.0 Å². The zero-order valence-corrected chi connectivity index (χ0v) is 14.9. The largest absolute Gasteiger partial charge is 0.467 e. The predicted molar refractivity (Wildman–Crippen MR) is 92.7 cm³/mol. The number of likely N-dealkylation sites (tertiary alicyclic amines) is 1. The fourth-order valence-corrected chi connectivity index (χ4v) is 3.04. The summed E-state index contributed by atoms with van der Waals surface area (Å²) in [7, 11) is 1.25. The smallest absolute Gasteiger partial charge is 0.413 e. The van der Waals surface area contributed by atoms with E-state index in [-0.39, 0.29) is 12.5 Å². The van der Waals surface area contributed by atoms with Crippen molar-refractivity contribution in [1.29, 1.82) is 0 Å². The van der Waals surface area contributed by atoms with E-state index in [0.717, 1.165) is 10.5 Å². The van der Waals surface area contributed by atoms with Gasteiger partial charge in [-0.1, -0.05) is 36.4 Å². The second-order valence-electron chi connectivity index (χ2n) is 6.01. The molecule has 0 radical (unpaired) electrons. The molecule has 0 aliphatic carbocycles. The summed E-state index contributed by atoms with van der Waals surface area (Å²) in [5, 5.41) is 0. The van der Waals surface area contributed by atoms with E-state index in [9.17, 15) is 14.4 Å². The molecule has 7 nitrogen and oxygen atoms in total. The molecule has 3 atom stereocenters. The second kappa shape index (κ2) is 9.03. The van der Waals surface area contributed by atoms with E-state index in [1.165, 1.54) is 14.0 Å². The van der Waals surface area contributed by atoms with Crippen LogP contribution in [-0.2, 0) is 30.4 Å². The lowest BCUT2D eigenvalue weighted by Gasteiger charge is -2.29. The Bertz CT molecular complexity index is 659. The van der Waals surface area contributed by atoms with Crippen LogP contribution in [0.2, 0.25) is 0 Å². The van der Waals surface area contributed by atoms with Crippen LogP contribution < -0.4 is 0 Å². The quantitative estimate of drug-likeness (QED) is 0.440. The normalized spacial score (nSPS) is 21.8. The zero-order chi connectivity index (χ0) is 19.1. The standard InChI is InChI=1S/C19H23NO6/c1-4-8-15-11-16(18(22)24-3)20(17(15)26-13(2)21)19(23)25-12-14-9-6-5-7-10-14/h4-7,9-10,15-17H,1,8,11-12H2,2-3H3/t15-,16-,17?/m0/s1. The van der Waals surface area contributed by atoms with Crippen molar-refractivity contribution in [2.45, 2.75) is 38.6 Å². The van der Waals surface area contributed by atoms with E-state index in [4.69, 9.17) is 14.2 Å². The molecule has 1 amide bonds. The lowest BCUT2D eigenvalue weighted by molar-refractivity contribution is -0.160. The molecular weight excluding hydrogens is 338 g/mol. The number of allylic oxidation sites excluding steroid dienone is 1. The summed E-state index contributed by atoms with van der Waals surface area (Å²) in [4.78, 5) is 37.5. The minimum absolute atomic E-state index is 0.0446. The van der Waals surface area contributed by atoms with Crippen LogP contribution in [0.15, 0.2) is 43.0 Å². The summed E-state index contributed by atoms with van der Waals surface area (Å²) >= 11 is 0. The Kier molecular flexibility index (Phi) is 6.77. The van der Waals surface area contributed by atoms with Crippen molar-refractivity contribution in [3.63, 3.8) is 0 Å². The molecule has 0 N–H and O–H groups in total. The lowest BCUT2D eigenvalue weighted by atomic mass is 10.0. The molecule has 2 rings (SSSR count). The first kappa shape index (κ1) is 19.5. The van der Waals surface area contributed by atoms with Gasteiger partial charge < -0.3 is 14.2 Å². The minimum Gasteiger partial charge on any atom is -0.467 e.